The molecule has 2 aliphatic heterocycles. The average Bonchev–Trinajstić information content (AvgIpc) is 2.50. The Morgan fingerprint density at radius 1 is 1.64 bits per heavy atom. The highest BCUT2D eigenvalue weighted by molar-refractivity contribution is 8.01. The summed E-state index contributed by atoms with van der Waals surface area (Å²) in [4.78, 5) is 13.6. The third-order valence-electron chi connectivity index (χ3n) is 3.54. The van der Waals surface area contributed by atoms with E-state index < -0.39 is 0 Å². The van der Waals surface area contributed by atoms with Gasteiger partial charge in [0.05, 0.1) is 11.1 Å². The molecule has 1 amide bonds. The lowest BCUT2D eigenvalue weighted by Gasteiger charge is -2.47. The summed E-state index contributed by atoms with van der Waals surface area (Å²) in [6.07, 6.45) is 0. The molecule has 2 heterocycles. The number of thioether (sulfide) groups is 1. The lowest BCUT2D eigenvalue weighted by atomic mass is 9.86. The van der Waals surface area contributed by atoms with E-state index in [-0.39, 0.29) is 5.54 Å². The second kappa shape index (κ2) is 3.42. The number of nitrogens with zero attached hydrogens (tertiary/aromatic N) is 1. The van der Waals surface area contributed by atoms with Crippen LogP contribution >= 0.6 is 11.8 Å². The van der Waals surface area contributed by atoms with Gasteiger partial charge in [-0.1, -0.05) is 13.8 Å². The molecule has 1 unspecified atom stereocenters. The smallest absolute Gasteiger partial charge is 0.233 e. The van der Waals surface area contributed by atoms with Crippen molar-refractivity contribution in [2.45, 2.75) is 31.7 Å². The molecule has 2 atom stereocenters. The first-order chi connectivity index (χ1) is 6.55. The van der Waals surface area contributed by atoms with Gasteiger partial charge in [-0.2, -0.15) is 0 Å². The molecule has 2 aliphatic rings. The molecule has 2 rings (SSSR count). The van der Waals surface area contributed by atoms with Crippen LogP contribution in [0.1, 0.15) is 20.8 Å². The quantitative estimate of drug-likeness (QED) is 0.704. The molecule has 0 aromatic heterocycles. The number of carbonyl (C=O) groups excluding carboxylic acids is 1. The molecule has 2 fully saturated rings. The Morgan fingerprint density at radius 3 is 3.00 bits per heavy atom. The summed E-state index contributed by atoms with van der Waals surface area (Å²) < 4.78 is 0. The minimum atomic E-state index is 0.0784. The standard InChI is InChI=1S/C10H18N2OS/c1-7(2)10(3)9-12(5-4-11-10)8(13)6-14-9/h7,9,11H,4-6H2,1-3H3/t9?,10-/m0/s1. The molecule has 0 bridgehead atoms. The van der Waals surface area contributed by atoms with E-state index in [0.717, 1.165) is 13.1 Å². The van der Waals surface area contributed by atoms with Gasteiger partial charge < -0.3 is 10.2 Å². The largest absolute Gasteiger partial charge is 0.327 e. The van der Waals surface area contributed by atoms with Gasteiger partial charge in [0.2, 0.25) is 5.91 Å². The van der Waals surface area contributed by atoms with Crippen molar-refractivity contribution in [1.29, 1.82) is 0 Å². The van der Waals surface area contributed by atoms with Gasteiger partial charge in [0.25, 0.3) is 0 Å². The molecule has 0 spiro atoms. The number of rotatable bonds is 1. The number of amides is 1. The normalized spacial score (nSPS) is 37.9. The highest BCUT2D eigenvalue weighted by Gasteiger charge is 2.48. The molecule has 14 heavy (non-hydrogen) atoms. The monoisotopic (exact) mass is 214 g/mol. The Labute approximate surface area is 89.6 Å². The van der Waals surface area contributed by atoms with Crippen LogP contribution in [0.5, 0.6) is 0 Å². The zero-order valence-corrected chi connectivity index (χ0v) is 9.86. The Kier molecular flexibility index (Phi) is 2.52. The number of fused-ring (bicyclic) bond motifs is 1. The fraction of sp³-hybridized carbons (Fsp3) is 0.900. The van der Waals surface area contributed by atoms with Crippen LogP contribution in [-0.2, 0) is 4.79 Å². The summed E-state index contributed by atoms with van der Waals surface area (Å²) in [6, 6.07) is 0. The molecule has 0 aromatic rings. The van der Waals surface area contributed by atoms with E-state index in [4.69, 9.17) is 0 Å². The van der Waals surface area contributed by atoms with Crippen molar-refractivity contribution in [2.24, 2.45) is 5.92 Å². The van der Waals surface area contributed by atoms with E-state index in [2.05, 4.69) is 26.1 Å². The highest BCUT2D eigenvalue weighted by atomic mass is 32.2. The first-order valence-electron chi connectivity index (χ1n) is 5.22. The predicted molar refractivity (Wildman–Crippen MR) is 59.2 cm³/mol. The van der Waals surface area contributed by atoms with E-state index in [1.165, 1.54) is 0 Å². The molecule has 3 nitrogen and oxygen atoms in total. The van der Waals surface area contributed by atoms with Crippen LogP contribution in [-0.4, -0.2) is 40.6 Å². The van der Waals surface area contributed by atoms with Gasteiger partial charge >= 0.3 is 0 Å². The maximum Gasteiger partial charge on any atom is 0.233 e. The molecular weight excluding hydrogens is 196 g/mol. The Hall–Kier alpha value is -0.220. The number of carbonyl (C=O) groups is 1. The van der Waals surface area contributed by atoms with Crippen molar-refractivity contribution in [3.8, 4) is 0 Å². The zero-order valence-electron chi connectivity index (χ0n) is 9.04. The van der Waals surface area contributed by atoms with Crippen LogP contribution in [0.4, 0.5) is 0 Å². The maximum atomic E-state index is 11.6. The molecule has 80 valence electrons. The van der Waals surface area contributed by atoms with E-state index in [0.29, 0.717) is 23.0 Å². The second-order valence-electron chi connectivity index (χ2n) is 4.61. The topological polar surface area (TPSA) is 32.3 Å². The summed E-state index contributed by atoms with van der Waals surface area (Å²) in [5, 5.41) is 3.91. The predicted octanol–water partition coefficient (Wildman–Crippen LogP) is 0.906. The fourth-order valence-electron chi connectivity index (χ4n) is 2.21. The molecule has 0 radical (unpaired) electrons. The molecule has 4 heteroatoms. The summed E-state index contributed by atoms with van der Waals surface area (Å²) in [6.45, 7) is 8.48. The molecule has 0 saturated carbocycles. The van der Waals surface area contributed by atoms with E-state index in [9.17, 15) is 4.79 Å². The number of piperazine rings is 1. The van der Waals surface area contributed by atoms with Gasteiger partial charge in [0.15, 0.2) is 0 Å². The van der Waals surface area contributed by atoms with Crippen molar-refractivity contribution < 1.29 is 4.79 Å². The van der Waals surface area contributed by atoms with Crippen LogP contribution in [0.2, 0.25) is 0 Å². The number of hydrogen-bond acceptors (Lipinski definition) is 3. The van der Waals surface area contributed by atoms with Crippen molar-refractivity contribution in [3.05, 3.63) is 0 Å². The van der Waals surface area contributed by atoms with Crippen LogP contribution in [0.25, 0.3) is 0 Å². The second-order valence-corrected chi connectivity index (χ2v) is 5.68. The summed E-state index contributed by atoms with van der Waals surface area (Å²) in [7, 11) is 0. The molecule has 1 N–H and O–H groups in total. The van der Waals surface area contributed by atoms with Crippen LogP contribution < -0.4 is 5.32 Å². The molecule has 2 saturated heterocycles. The van der Waals surface area contributed by atoms with E-state index in [1.807, 2.05) is 4.90 Å². The molecule has 0 aliphatic carbocycles. The summed E-state index contributed by atoms with van der Waals surface area (Å²) >= 11 is 1.78. The lowest BCUT2D eigenvalue weighted by Crippen LogP contribution is -2.65. The van der Waals surface area contributed by atoms with Crippen molar-refractivity contribution in [1.82, 2.24) is 10.2 Å². The average molecular weight is 214 g/mol. The Balaban J connectivity index is 2.24. The van der Waals surface area contributed by atoms with Gasteiger partial charge in [-0.05, 0) is 12.8 Å². The number of nitrogens with one attached hydrogen (secondary N) is 1. The Morgan fingerprint density at radius 2 is 2.36 bits per heavy atom. The fourth-order valence-corrected chi connectivity index (χ4v) is 3.79. The van der Waals surface area contributed by atoms with Gasteiger partial charge in [-0.3, -0.25) is 4.79 Å². The Bertz CT molecular complexity index is 257. The van der Waals surface area contributed by atoms with Gasteiger partial charge in [0.1, 0.15) is 0 Å². The molecule has 0 aromatic carbocycles. The van der Waals surface area contributed by atoms with E-state index in [1.54, 1.807) is 11.8 Å². The van der Waals surface area contributed by atoms with Crippen LogP contribution in [0.15, 0.2) is 0 Å². The highest BCUT2D eigenvalue weighted by Crippen LogP contribution is 2.38. The van der Waals surface area contributed by atoms with Crippen molar-refractivity contribution in [3.63, 3.8) is 0 Å². The minimum Gasteiger partial charge on any atom is -0.327 e. The summed E-state index contributed by atoms with van der Waals surface area (Å²) in [5.41, 5.74) is 0.0784. The van der Waals surface area contributed by atoms with Crippen LogP contribution in [0.3, 0.4) is 0 Å². The first kappa shape index (κ1) is 10.3. The van der Waals surface area contributed by atoms with Gasteiger partial charge in [-0.25, -0.2) is 0 Å². The number of hydrogen-bond donors (Lipinski definition) is 1. The van der Waals surface area contributed by atoms with Gasteiger partial charge in [0, 0.05) is 18.6 Å². The van der Waals surface area contributed by atoms with Crippen LogP contribution in [0, 0.1) is 5.92 Å². The molecular formula is C10H18N2OS. The third-order valence-corrected chi connectivity index (χ3v) is 5.01. The third kappa shape index (κ3) is 1.36. The van der Waals surface area contributed by atoms with E-state index >= 15 is 0 Å². The van der Waals surface area contributed by atoms with Crippen molar-refractivity contribution in [2.75, 3.05) is 18.8 Å². The SMILES string of the molecule is CC(C)[C@]1(C)NCCN2C(=O)CSC21. The zero-order chi connectivity index (χ0) is 10.3. The maximum absolute atomic E-state index is 11.6. The van der Waals surface area contributed by atoms with Gasteiger partial charge in [-0.15, -0.1) is 11.8 Å². The summed E-state index contributed by atoms with van der Waals surface area (Å²) in [5.74, 6) is 1.52. The van der Waals surface area contributed by atoms with Crippen molar-refractivity contribution >= 4 is 17.7 Å². The first-order valence-corrected chi connectivity index (χ1v) is 6.26. The lowest BCUT2D eigenvalue weighted by molar-refractivity contribution is -0.130. The minimum absolute atomic E-state index is 0.0784.